The van der Waals surface area contributed by atoms with Crippen molar-refractivity contribution in [3.63, 3.8) is 0 Å². The molecule has 1 aromatic heterocycles. The van der Waals surface area contributed by atoms with E-state index in [-0.39, 0.29) is 0 Å². The molecule has 2 N–H and O–H groups in total. The Morgan fingerprint density at radius 3 is 2.24 bits per heavy atom. The SMILES string of the molecule is NC(CCCl)(CCCl)Cc1nc2ccccc2n1Cc1ccccc1. The first kappa shape index (κ1) is 18.2. The number of nitrogens with two attached hydrogens (primary N) is 1. The molecule has 132 valence electrons. The lowest BCUT2D eigenvalue weighted by Gasteiger charge is -2.28. The van der Waals surface area contributed by atoms with E-state index in [0.717, 1.165) is 36.2 Å². The Kier molecular flexibility index (Phi) is 6.00. The molecule has 0 amide bonds. The average Bonchev–Trinajstić information content (AvgIpc) is 2.93. The summed E-state index contributed by atoms with van der Waals surface area (Å²) in [7, 11) is 0. The third-order valence-corrected chi connectivity index (χ3v) is 4.99. The van der Waals surface area contributed by atoms with Gasteiger partial charge in [-0.05, 0) is 30.5 Å². The number of alkyl halides is 2. The van der Waals surface area contributed by atoms with Crippen LogP contribution in [0.25, 0.3) is 11.0 Å². The minimum atomic E-state index is -0.431. The minimum absolute atomic E-state index is 0.431. The van der Waals surface area contributed by atoms with E-state index in [0.29, 0.717) is 18.2 Å². The summed E-state index contributed by atoms with van der Waals surface area (Å²) in [5.74, 6) is 2.03. The average molecular weight is 376 g/mol. The molecule has 3 aromatic rings. The summed E-state index contributed by atoms with van der Waals surface area (Å²) in [5, 5.41) is 0. The van der Waals surface area contributed by atoms with Gasteiger partial charge < -0.3 is 10.3 Å². The van der Waals surface area contributed by atoms with Crippen LogP contribution in [0.5, 0.6) is 0 Å². The van der Waals surface area contributed by atoms with E-state index in [1.165, 1.54) is 5.56 Å². The Labute approximate surface area is 158 Å². The predicted octanol–water partition coefficient (Wildman–Crippen LogP) is 4.58. The van der Waals surface area contributed by atoms with Crippen LogP contribution in [0.1, 0.15) is 24.2 Å². The molecule has 0 aliphatic rings. The van der Waals surface area contributed by atoms with Gasteiger partial charge in [-0.1, -0.05) is 42.5 Å². The molecule has 0 saturated carbocycles. The molecular formula is C20H23Cl2N3. The second-order valence-corrected chi connectivity index (χ2v) is 7.26. The van der Waals surface area contributed by atoms with Gasteiger partial charge in [-0.25, -0.2) is 4.98 Å². The van der Waals surface area contributed by atoms with Gasteiger partial charge in [0.25, 0.3) is 0 Å². The van der Waals surface area contributed by atoms with Crippen LogP contribution in [0, 0.1) is 0 Å². The number of hydrogen-bond donors (Lipinski definition) is 1. The van der Waals surface area contributed by atoms with E-state index in [1.807, 2.05) is 24.3 Å². The lowest BCUT2D eigenvalue weighted by molar-refractivity contribution is 0.385. The molecule has 0 spiro atoms. The van der Waals surface area contributed by atoms with E-state index >= 15 is 0 Å². The summed E-state index contributed by atoms with van der Waals surface area (Å²) in [5.41, 5.74) is 9.54. The number of nitrogens with zero attached hydrogens (tertiary/aromatic N) is 2. The highest BCUT2D eigenvalue weighted by Crippen LogP contribution is 2.24. The minimum Gasteiger partial charge on any atom is -0.325 e. The van der Waals surface area contributed by atoms with Gasteiger partial charge >= 0.3 is 0 Å². The fourth-order valence-corrected chi connectivity index (χ4v) is 3.95. The number of rotatable bonds is 8. The zero-order valence-electron chi connectivity index (χ0n) is 14.2. The number of halogens is 2. The van der Waals surface area contributed by atoms with E-state index in [4.69, 9.17) is 33.9 Å². The van der Waals surface area contributed by atoms with Gasteiger partial charge in [-0.15, -0.1) is 23.2 Å². The summed E-state index contributed by atoms with van der Waals surface area (Å²) in [6, 6.07) is 18.6. The van der Waals surface area contributed by atoms with Crippen LogP contribution in [0.4, 0.5) is 0 Å². The molecule has 0 unspecified atom stereocenters. The molecule has 2 aromatic carbocycles. The zero-order valence-corrected chi connectivity index (χ0v) is 15.7. The molecule has 1 heterocycles. The first-order chi connectivity index (χ1) is 12.1. The molecule has 3 nitrogen and oxygen atoms in total. The number of para-hydroxylation sites is 2. The predicted molar refractivity (Wildman–Crippen MR) is 107 cm³/mol. The molecule has 0 aliphatic heterocycles. The molecule has 0 fully saturated rings. The second kappa shape index (κ2) is 8.22. The second-order valence-electron chi connectivity index (χ2n) is 6.51. The number of imidazole rings is 1. The first-order valence-corrected chi connectivity index (χ1v) is 9.61. The maximum absolute atomic E-state index is 6.61. The van der Waals surface area contributed by atoms with E-state index in [9.17, 15) is 0 Å². The Balaban J connectivity index is 2.00. The number of aromatic nitrogens is 2. The van der Waals surface area contributed by atoms with Crippen molar-refractivity contribution in [3.05, 3.63) is 66.0 Å². The molecule has 25 heavy (non-hydrogen) atoms. The largest absolute Gasteiger partial charge is 0.325 e. The molecule has 0 aliphatic carbocycles. The van der Waals surface area contributed by atoms with Crippen LogP contribution in [0.3, 0.4) is 0 Å². The summed E-state index contributed by atoms with van der Waals surface area (Å²) in [6.45, 7) is 0.772. The molecule has 3 rings (SSSR count). The van der Waals surface area contributed by atoms with Crippen molar-refractivity contribution < 1.29 is 0 Å². The number of benzene rings is 2. The Morgan fingerprint density at radius 2 is 1.56 bits per heavy atom. The fourth-order valence-electron chi connectivity index (χ4n) is 3.20. The van der Waals surface area contributed by atoms with Crippen LogP contribution in [0.15, 0.2) is 54.6 Å². The lowest BCUT2D eigenvalue weighted by atomic mass is 9.90. The van der Waals surface area contributed by atoms with Gasteiger partial charge in [0.2, 0.25) is 0 Å². The van der Waals surface area contributed by atoms with Crippen LogP contribution < -0.4 is 5.73 Å². The highest BCUT2D eigenvalue weighted by Gasteiger charge is 2.27. The highest BCUT2D eigenvalue weighted by atomic mass is 35.5. The quantitative estimate of drug-likeness (QED) is 0.585. The van der Waals surface area contributed by atoms with Crippen molar-refractivity contribution in [2.75, 3.05) is 11.8 Å². The lowest BCUT2D eigenvalue weighted by Crippen LogP contribution is -2.43. The standard InChI is InChI=1S/C20H23Cl2N3/c21-12-10-20(23,11-13-22)14-19-24-17-8-4-5-9-18(17)25(19)15-16-6-2-1-3-7-16/h1-9H,10-15,23H2. The summed E-state index contributed by atoms with van der Waals surface area (Å²) in [6.07, 6.45) is 2.10. The Hall–Kier alpha value is -1.55. The van der Waals surface area contributed by atoms with Gasteiger partial charge in [0.1, 0.15) is 5.82 Å². The zero-order chi connectivity index (χ0) is 17.7. The van der Waals surface area contributed by atoms with Crippen molar-refractivity contribution in [2.24, 2.45) is 5.73 Å². The normalized spacial score (nSPS) is 12.0. The highest BCUT2D eigenvalue weighted by molar-refractivity contribution is 6.18. The van der Waals surface area contributed by atoms with Gasteiger partial charge in [0, 0.05) is 30.3 Å². The summed E-state index contributed by atoms with van der Waals surface area (Å²) >= 11 is 12.0. The Morgan fingerprint density at radius 1 is 0.920 bits per heavy atom. The van der Waals surface area contributed by atoms with Crippen LogP contribution >= 0.6 is 23.2 Å². The van der Waals surface area contributed by atoms with Crippen molar-refractivity contribution in [3.8, 4) is 0 Å². The third-order valence-electron chi connectivity index (χ3n) is 4.61. The topological polar surface area (TPSA) is 43.8 Å². The van der Waals surface area contributed by atoms with Crippen LogP contribution in [-0.4, -0.2) is 26.9 Å². The first-order valence-electron chi connectivity index (χ1n) is 8.54. The van der Waals surface area contributed by atoms with E-state index in [1.54, 1.807) is 0 Å². The molecule has 0 radical (unpaired) electrons. The maximum Gasteiger partial charge on any atom is 0.112 e. The Bertz CT molecular complexity index is 808. The fraction of sp³-hybridized carbons (Fsp3) is 0.350. The van der Waals surface area contributed by atoms with Gasteiger partial charge in [-0.3, -0.25) is 0 Å². The monoisotopic (exact) mass is 375 g/mol. The van der Waals surface area contributed by atoms with Gasteiger partial charge in [-0.2, -0.15) is 0 Å². The van der Waals surface area contributed by atoms with Crippen molar-refractivity contribution >= 4 is 34.2 Å². The number of hydrogen-bond acceptors (Lipinski definition) is 2. The van der Waals surface area contributed by atoms with Crippen molar-refractivity contribution in [1.82, 2.24) is 9.55 Å². The molecule has 0 atom stereocenters. The van der Waals surface area contributed by atoms with E-state index < -0.39 is 5.54 Å². The summed E-state index contributed by atoms with van der Waals surface area (Å²) < 4.78 is 2.26. The number of fused-ring (bicyclic) bond motifs is 1. The maximum atomic E-state index is 6.61. The molecule has 0 saturated heterocycles. The van der Waals surface area contributed by atoms with Crippen molar-refractivity contribution in [2.45, 2.75) is 31.3 Å². The van der Waals surface area contributed by atoms with Gasteiger partial charge in [0.05, 0.1) is 11.0 Å². The van der Waals surface area contributed by atoms with Crippen LogP contribution in [0.2, 0.25) is 0 Å². The van der Waals surface area contributed by atoms with Crippen LogP contribution in [-0.2, 0) is 13.0 Å². The van der Waals surface area contributed by atoms with Gasteiger partial charge in [0.15, 0.2) is 0 Å². The molecule has 0 bridgehead atoms. The van der Waals surface area contributed by atoms with E-state index in [2.05, 4.69) is 34.9 Å². The smallest absolute Gasteiger partial charge is 0.112 e. The van der Waals surface area contributed by atoms with Crippen molar-refractivity contribution in [1.29, 1.82) is 0 Å². The molecular weight excluding hydrogens is 353 g/mol. The molecule has 5 heteroatoms. The summed E-state index contributed by atoms with van der Waals surface area (Å²) in [4.78, 5) is 4.86. The third kappa shape index (κ3) is 4.35.